The van der Waals surface area contributed by atoms with Crippen LogP contribution in [0, 0.1) is 0 Å². The molecule has 2 aromatic rings. The molecule has 2 heterocycles. The number of rotatable bonds is 1. The van der Waals surface area contributed by atoms with Gasteiger partial charge < -0.3 is 11.5 Å². The zero-order chi connectivity index (χ0) is 10.3. The fourth-order valence-electron chi connectivity index (χ4n) is 1.20. The molecule has 0 fully saturated rings. The number of hydrogen-bond acceptors (Lipinski definition) is 4. The lowest BCUT2D eigenvalue weighted by Gasteiger charge is -1.92. The van der Waals surface area contributed by atoms with Gasteiger partial charge in [0.1, 0.15) is 9.71 Å². The van der Waals surface area contributed by atoms with E-state index in [1.807, 2.05) is 0 Å². The minimum Gasteiger partial charge on any atom is -0.397 e. The number of carbonyl (C=O) groups excluding carboxylic acids is 1. The summed E-state index contributed by atoms with van der Waals surface area (Å²) in [6, 6.07) is 1.30. The van der Waals surface area contributed by atoms with Crippen LogP contribution < -0.4 is 11.5 Å². The molecule has 0 bridgehead atoms. The average Bonchev–Trinajstić information content (AvgIpc) is 2.45. The number of anilines is 1. The van der Waals surface area contributed by atoms with Crippen molar-refractivity contribution in [3.05, 3.63) is 17.1 Å². The van der Waals surface area contributed by atoms with Crippen LogP contribution in [0.25, 0.3) is 10.2 Å². The minimum atomic E-state index is -0.634. The van der Waals surface area contributed by atoms with Crippen LogP contribution in [0.5, 0.6) is 5.75 Å². The molecule has 71 valence electrons. The van der Waals surface area contributed by atoms with E-state index in [1.54, 1.807) is 0 Å². The lowest BCUT2D eigenvalue weighted by Crippen LogP contribution is -2.10. The van der Waals surface area contributed by atoms with E-state index in [-0.39, 0.29) is 21.7 Å². The maximum Gasteiger partial charge on any atom is 0.260 e. The first-order valence-corrected chi connectivity index (χ1v) is 4.56. The van der Waals surface area contributed by atoms with E-state index in [4.69, 9.17) is 11.5 Å². The molecule has 6 heteroatoms. The number of nitrogens with two attached hydrogens (primary N) is 2. The number of thiophene rings is 1. The first-order valence-electron chi connectivity index (χ1n) is 3.75. The third-order valence-corrected chi connectivity index (χ3v) is 2.94. The smallest absolute Gasteiger partial charge is 0.260 e. The molecule has 0 aliphatic heterocycles. The van der Waals surface area contributed by atoms with Crippen molar-refractivity contribution in [2.45, 2.75) is 0 Å². The summed E-state index contributed by atoms with van der Waals surface area (Å²) in [4.78, 5) is 15.5. The summed E-state index contributed by atoms with van der Waals surface area (Å²) in [7, 11) is 0. The van der Waals surface area contributed by atoms with Crippen molar-refractivity contribution in [3.8, 4) is 5.75 Å². The highest BCUT2D eigenvalue weighted by Crippen LogP contribution is 2.37. The predicted molar refractivity (Wildman–Crippen MR) is 52.7 cm³/mol. The second kappa shape index (κ2) is 2.85. The fraction of sp³-hybridized carbons (Fsp3) is 0. The van der Waals surface area contributed by atoms with Crippen molar-refractivity contribution >= 4 is 33.1 Å². The Kier molecular flexibility index (Phi) is 1.78. The molecular weight excluding hydrogens is 202 g/mol. The summed E-state index contributed by atoms with van der Waals surface area (Å²) in [5.41, 5.74) is 10.8. The molecule has 1 radical (unpaired) electrons. The lowest BCUT2D eigenvalue weighted by atomic mass is 10.2. The lowest BCUT2D eigenvalue weighted by molar-refractivity contribution is 0.100. The maximum absolute atomic E-state index is 11.4. The Bertz CT molecular complexity index is 521. The van der Waals surface area contributed by atoms with Crippen molar-refractivity contribution in [3.63, 3.8) is 0 Å². The minimum absolute atomic E-state index is 0.135. The number of nitrogen functional groups attached to an aromatic ring is 1. The third-order valence-electron chi connectivity index (χ3n) is 1.81. The Hall–Kier alpha value is -1.82. The molecule has 4 N–H and O–H groups in total. The summed E-state index contributed by atoms with van der Waals surface area (Å²) in [6.45, 7) is 0. The molecule has 0 saturated carbocycles. The highest BCUT2D eigenvalue weighted by Gasteiger charge is 2.17. The number of primary amides is 1. The zero-order valence-corrected chi connectivity index (χ0v) is 7.80. The standard InChI is InChI=1S/C8H6N3O2S/c9-5-4-3(12)1-2-11-8(4)14-6(5)7(10)13/h1-2H,9H2,(H2,10,13). The van der Waals surface area contributed by atoms with E-state index in [1.165, 1.54) is 12.3 Å². The summed E-state index contributed by atoms with van der Waals surface area (Å²) in [5.74, 6) is -0.874. The van der Waals surface area contributed by atoms with E-state index < -0.39 is 5.91 Å². The van der Waals surface area contributed by atoms with Crippen LogP contribution in [-0.2, 0) is 5.11 Å². The average molecular weight is 208 g/mol. The maximum atomic E-state index is 11.4. The Balaban J connectivity index is 2.87. The highest BCUT2D eigenvalue weighted by molar-refractivity contribution is 7.21. The number of carbonyl (C=O) groups is 1. The number of hydrogen-bond donors (Lipinski definition) is 2. The van der Waals surface area contributed by atoms with Gasteiger partial charge in [-0.1, -0.05) is 0 Å². The van der Waals surface area contributed by atoms with E-state index >= 15 is 0 Å². The van der Waals surface area contributed by atoms with Crippen molar-refractivity contribution in [1.29, 1.82) is 0 Å². The van der Waals surface area contributed by atoms with Crippen LogP contribution >= 0.6 is 11.3 Å². The van der Waals surface area contributed by atoms with Crippen LogP contribution in [0.1, 0.15) is 9.67 Å². The van der Waals surface area contributed by atoms with Gasteiger partial charge in [-0.05, 0) is 0 Å². The Labute approximate surface area is 83.0 Å². The van der Waals surface area contributed by atoms with Gasteiger partial charge in [-0.15, -0.1) is 11.3 Å². The van der Waals surface area contributed by atoms with E-state index in [2.05, 4.69) is 4.98 Å². The van der Waals surface area contributed by atoms with Crippen molar-refractivity contribution in [2.75, 3.05) is 5.73 Å². The Morgan fingerprint density at radius 3 is 2.79 bits per heavy atom. The van der Waals surface area contributed by atoms with Crippen LogP contribution in [0.2, 0.25) is 0 Å². The summed E-state index contributed by atoms with van der Waals surface area (Å²) >= 11 is 1.04. The SMILES string of the molecule is NC(=O)c1sc2nccc([O])c2c1N. The third kappa shape index (κ3) is 1.08. The van der Waals surface area contributed by atoms with E-state index in [9.17, 15) is 9.90 Å². The van der Waals surface area contributed by atoms with Gasteiger partial charge in [0.05, 0.1) is 11.1 Å². The van der Waals surface area contributed by atoms with Crippen molar-refractivity contribution in [1.82, 2.24) is 4.98 Å². The molecule has 0 saturated heterocycles. The first-order chi connectivity index (χ1) is 6.61. The molecule has 0 unspecified atom stereocenters. The first kappa shape index (κ1) is 8.76. The molecule has 1 amide bonds. The van der Waals surface area contributed by atoms with Gasteiger partial charge in [0.15, 0.2) is 5.75 Å². The topological polar surface area (TPSA) is 102 Å². The number of aromatic nitrogens is 1. The van der Waals surface area contributed by atoms with Crippen LogP contribution in [0.15, 0.2) is 12.3 Å². The predicted octanol–water partition coefficient (Wildman–Crippen LogP) is 1.12. The fourth-order valence-corrected chi connectivity index (χ4v) is 2.13. The largest absolute Gasteiger partial charge is 0.397 e. The summed E-state index contributed by atoms with van der Waals surface area (Å²) < 4.78 is 0. The molecule has 0 aromatic carbocycles. The van der Waals surface area contributed by atoms with Gasteiger partial charge in [-0.3, -0.25) is 9.90 Å². The second-order valence-electron chi connectivity index (χ2n) is 2.70. The van der Waals surface area contributed by atoms with Crippen LogP contribution in [0.3, 0.4) is 0 Å². The second-order valence-corrected chi connectivity index (χ2v) is 3.70. The van der Waals surface area contributed by atoms with E-state index in [0.29, 0.717) is 4.83 Å². The van der Waals surface area contributed by atoms with Gasteiger partial charge in [0.25, 0.3) is 5.91 Å². The number of amides is 1. The summed E-state index contributed by atoms with van der Waals surface area (Å²) in [5, 5.41) is 11.7. The molecule has 0 atom stereocenters. The molecule has 2 aromatic heterocycles. The number of fused-ring (bicyclic) bond motifs is 1. The zero-order valence-electron chi connectivity index (χ0n) is 6.98. The van der Waals surface area contributed by atoms with Crippen molar-refractivity contribution in [2.24, 2.45) is 5.73 Å². The Morgan fingerprint density at radius 2 is 2.21 bits per heavy atom. The van der Waals surface area contributed by atoms with Gasteiger partial charge in [-0.2, -0.15) is 0 Å². The molecule has 0 aliphatic carbocycles. The number of nitrogens with zero attached hydrogens (tertiary/aromatic N) is 1. The molecule has 5 nitrogen and oxygen atoms in total. The molecular formula is C8H6N3O2S. The number of pyridine rings is 1. The monoisotopic (exact) mass is 208 g/mol. The van der Waals surface area contributed by atoms with Gasteiger partial charge >= 0.3 is 0 Å². The quantitative estimate of drug-likeness (QED) is 0.733. The normalized spacial score (nSPS) is 10.6. The van der Waals surface area contributed by atoms with Gasteiger partial charge in [0, 0.05) is 12.3 Å². The van der Waals surface area contributed by atoms with Crippen LogP contribution in [-0.4, -0.2) is 10.9 Å². The van der Waals surface area contributed by atoms with Gasteiger partial charge in [0.2, 0.25) is 0 Å². The highest BCUT2D eigenvalue weighted by atomic mass is 32.1. The van der Waals surface area contributed by atoms with Crippen LogP contribution in [0.4, 0.5) is 5.69 Å². The van der Waals surface area contributed by atoms with Gasteiger partial charge in [-0.25, -0.2) is 4.98 Å². The Morgan fingerprint density at radius 1 is 1.50 bits per heavy atom. The summed E-state index contributed by atoms with van der Waals surface area (Å²) in [6.07, 6.45) is 1.38. The van der Waals surface area contributed by atoms with E-state index in [0.717, 1.165) is 11.3 Å². The molecule has 2 rings (SSSR count). The molecule has 0 spiro atoms. The van der Waals surface area contributed by atoms with Crippen molar-refractivity contribution < 1.29 is 9.90 Å². The molecule has 0 aliphatic rings. The molecule has 14 heavy (non-hydrogen) atoms.